The molecule has 24 heavy (non-hydrogen) atoms. The standard InChI is InChI=1S/C17H26N2O4S/c1-3-13-23-16-9-7-15(8-10-16)19(24(2,21)22)14-17(20)18-11-5-4-6-12-18/h7-10H,3-6,11-14H2,1-2H3. The van der Waals surface area contributed by atoms with Crippen LogP contribution in [0.3, 0.4) is 0 Å². The predicted molar refractivity (Wildman–Crippen MR) is 94.8 cm³/mol. The molecule has 6 nitrogen and oxygen atoms in total. The van der Waals surface area contributed by atoms with E-state index in [9.17, 15) is 13.2 Å². The first-order chi connectivity index (χ1) is 11.4. The number of carbonyl (C=O) groups excluding carboxylic acids is 1. The van der Waals surface area contributed by atoms with Crippen LogP contribution in [0.1, 0.15) is 32.6 Å². The molecule has 2 rings (SSSR count). The molecule has 1 amide bonds. The highest BCUT2D eigenvalue weighted by Crippen LogP contribution is 2.22. The Labute approximate surface area is 144 Å². The van der Waals surface area contributed by atoms with Crippen LogP contribution in [0.4, 0.5) is 5.69 Å². The van der Waals surface area contributed by atoms with Crippen molar-refractivity contribution in [1.29, 1.82) is 0 Å². The molecule has 0 radical (unpaired) electrons. The molecule has 7 heteroatoms. The van der Waals surface area contributed by atoms with Crippen LogP contribution in [0.25, 0.3) is 0 Å². The second kappa shape index (κ2) is 8.37. The maximum absolute atomic E-state index is 12.4. The molecule has 1 saturated heterocycles. The summed E-state index contributed by atoms with van der Waals surface area (Å²) in [5.74, 6) is 0.544. The van der Waals surface area contributed by atoms with Gasteiger partial charge in [-0.1, -0.05) is 6.92 Å². The number of rotatable bonds is 7. The second-order valence-electron chi connectivity index (χ2n) is 6.05. The molecule has 1 aliphatic rings. The Morgan fingerprint density at radius 3 is 2.33 bits per heavy atom. The van der Waals surface area contributed by atoms with E-state index in [1.165, 1.54) is 0 Å². The van der Waals surface area contributed by atoms with Crippen LogP contribution >= 0.6 is 0 Å². The molecular formula is C17H26N2O4S. The summed E-state index contributed by atoms with van der Waals surface area (Å²) in [6.45, 7) is 3.89. The lowest BCUT2D eigenvalue weighted by Crippen LogP contribution is -2.44. The minimum absolute atomic E-state index is 0.147. The summed E-state index contributed by atoms with van der Waals surface area (Å²) in [5.41, 5.74) is 0.478. The number of piperidine rings is 1. The largest absolute Gasteiger partial charge is 0.494 e. The number of benzene rings is 1. The van der Waals surface area contributed by atoms with Gasteiger partial charge < -0.3 is 9.64 Å². The third-order valence-electron chi connectivity index (χ3n) is 3.99. The summed E-state index contributed by atoms with van der Waals surface area (Å²) >= 11 is 0. The summed E-state index contributed by atoms with van der Waals surface area (Å²) < 4.78 is 30.9. The highest BCUT2D eigenvalue weighted by Gasteiger charge is 2.24. The Morgan fingerprint density at radius 1 is 1.17 bits per heavy atom. The number of anilines is 1. The number of sulfonamides is 1. The molecule has 0 unspecified atom stereocenters. The van der Waals surface area contributed by atoms with E-state index in [2.05, 4.69) is 0 Å². The average molecular weight is 354 g/mol. The zero-order valence-electron chi connectivity index (χ0n) is 14.4. The fourth-order valence-corrected chi connectivity index (χ4v) is 3.54. The first kappa shape index (κ1) is 18.6. The maximum atomic E-state index is 12.4. The summed E-state index contributed by atoms with van der Waals surface area (Å²) in [6, 6.07) is 6.81. The maximum Gasteiger partial charge on any atom is 0.243 e. The van der Waals surface area contributed by atoms with E-state index >= 15 is 0 Å². The van der Waals surface area contributed by atoms with Gasteiger partial charge in [-0.15, -0.1) is 0 Å². The molecule has 1 aliphatic heterocycles. The van der Waals surface area contributed by atoms with Crippen molar-refractivity contribution < 1.29 is 17.9 Å². The minimum Gasteiger partial charge on any atom is -0.494 e. The summed E-state index contributed by atoms with van der Waals surface area (Å²) in [7, 11) is -3.54. The third kappa shape index (κ3) is 5.12. The Morgan fingerprint density at radius 2 is 1.79 bits per heavy atom. The van der Waals surface area contributed by atoms with Gasteiger partial charge in [-0.2, -0.15) is 0 Å². The topological polar surface area (TPSA) is 66.9 Å². The molecular weight excluding hydrogens is 328 g/mol. The van der Waals surface area contributed by atoms with E-state index in [0.717, 1.165) is 36.2 Å². The van der Waals surface area contributed by atoms with Gasteiger partial charge in [0, 0.05) is 13.1 Å². The molecule has 134 valence electrons. The summed E-state index contributed by atoms with van der Waals surface area (Å²) in [6.07, 6.45) is 5.11. The first-order valence-corrected chi connectivity index (χ1v) is 10.2. The third-order valence-corrected chi connectivity index (χ3v) is 5.13. The van der Waals surface area contributed by atoms with Crippen LogP contribution in [-0.4, -0.2) is 51.7 Å². The molecule has 0 aromatic heterocycles. The van der Waals surface area contributed by atoms with Crippen LogP contribution in [0.2, 0.25) is 0 Å². The van der Waals surface area contributed by atoms with Crippen LogP contribution in [0.15, 0.2) is 24.3 Å². The summed E-state index contributed by atoms with van der Waals surface area (Å²) in [4.78, 5) is 14.2. The Hall–Kier alpha value is -1.76. The Bertz CT molecular complexity index is 637. The molecule has 0 aliphatic carbocycles. The molecule has 1 aromatic rings. The van der Waals surface area contributed by atoms with Crippen LogP contribution in [0, 0.1) is 0 Å². The van der Waals surface area contributed by atoms with Gasteiger partial charge in [0.2, 0.25) is 15.9 Å². The monoisotopic (exact) mass is 354 g/mol. The second-order valence-corrected chi connectivity index (χ2v) is 7.96. The van der Waals surface area contributed by atoms with Gasteiger partial charge in [0.05, 0.1) is 18.6 Å². The highest BCUT2D eigenvalue weighted by molar-refractivity contribution is 7.92. The molecule has 0 spiro atoms. The molecule has 0 bridgehead atoms. The van der Waals surface area contributed by atoms with Gasteiger partial charge in [0.25, 0.3) is 0 Å². The van der Waals surface area contributed by atoms with Gasteiger partial charge in [0.1, 0.15) is 12.3 Å². The van der Waals surface area contributed by atoms with Crippen molar-refractivity contribution in [3.8, 4) is 5.75 Å². The van der Waals surface area contributed by atoms with Crippen molar-refractivity contribution in [2.75, 3.05) is 36.8 Å². The van der Waals surface area contributed by atoms with Gasteiger partial charge >= 0.3 is 0 Å². The zero-order valence-corrected chi connectivity index (χ0v) is 15.2. The van der Waals surface area contributed by atoms with Gasteiger partial charge in [0.15, 0.2) is 0 Å². The number of hydrogen-bond acceptors (Lipinski definition) is 4. The van der Waals surface area contributed by atoms with E-state index < -0.39 is 10.0 Å². The van der Waals surface area contributed by atoms with E-state index in [-0.39, 0.29) is 12.5 Å². The lowest BCUT2D eigenvalue weighted by atomic mass is 10.1. The summed E-state index contributed by atoms with van der Waals surface area (Å²) in [5, 5.41) is 0. The van der Waals surface area contributed by atoms with Crippen molar-refractivity contribution in [1.82, 2.24) is 4.90 Å². The zero-order chi connectivity index (χ0) is 17.6. The SMILES string of the molecule is CCCOc1ccc(N(CC(=O)N2CCCCC2)S(C)(=O)=O)cc1. The highest BCUT2D eigenvalue weighted by atomic mass is 32.2. The van der Waals surface area contributed by atoms with E-state index in [4.69, 9.17) is 4.74 Å². The van der Waals surface area contributed by atoms with Crippen molar-refractivity contribution in [3.05, 3.63) is 24.3 Å². The number of amides is 1. The van der Waals surface area contributed by atoms with Crippen molar-refractivity contribution in [3.63, 3.8) is 0 Å². The van der Waals surface area contributed by atoms with Crippen molar-refractivity contribution in [2.45, 2.75) is 32.6 Å². The molecule has 0 N–H and O–H groups in total. The van der Waals surface area contributed by atoms with Crippen LogP contribution in [-0.2, 0) is 14.8 Å². The molecule has 0 saturated carbocycles. The van der Waals surface area contributed by atoms with Crippen molar-refractivity contribution in [2.24, 2.45) is 0 Å². The molecule has 1 aromatic carbocycles. The fourth-order valence-electron chi connectivity index (χ4n) is 2.69. The normalized spacial score (nSPS) is 15.2. The van der Waals surface area contributed by atoms with E-state index in [0.29, 0.717) is 31.1 Å². The minimum atomic E-state index is -3.54. The molecule has 0 atom stereocenters. The number of ether oxygens (including phenoxy) is 1. The molecule has 1 heterocycles. The Balaban J connectivity index is 2.12. The number of nitrogens with zero attached hydrogens (tertiary/aromatic N) is 2. The molecule has 1 fully saturated rings. The van der Waals surface area contributed by atoms with Gasteiger partial charge in [-0.25, -0.2) is 8.42 Å². The number of carbonyl (C=O) groups is 1. The lowest BCUT2D eigenvalue weighted by molar-refractivity contribution is -0.130. The Kier molecular flexibility index (Phi) is 6.48. The number of likely N-dealkylation sites (tertiary alicyclic amines) is 1. The van der Waals surface area contributed by atoms with Crippen LogP contribution in [0.5, 0.6) is 5.75 Å². The number of hydrogen-bond donors (Lipinski definition) is 0. The van der Waals surface area contributed by atoms with Crippen LogP contribution < -0.4 is 9.04 Å². The van der Waals surface area contributed by atoms with Crippen molar-refractivity contribution >= 4 is 21.6 Å². The first-order valence-electron chi connectivity index (χ1n) is 8.40. The van der Waals surface area contributed by atoms with E-state index in [1.54, 1.807) is 29.2 Å². The lowest BCUT2D eigenvalue weighted by Gasteiger charge is -2.30. The quantitative estimate of drug-likeness (QED) is 0.753. The fraction of sp³-hybridized carbons (Fsp3) is 0.588. The van der Waals surface area contributed by atoms with Gasteiger partial charge in [-0.05, 0) is 49.9 Å². The average Bonchev–Trinajstić information content (AvgIpc) is 2.58. The smallest absolute Gasteiger partial charge is 0.243 e. The van der Waals surface area contributed by atoms with Gasteiger partial charge in [-0.3, -0.25) is 9.10 Å². The predicted octanol–water partition coefficient (Wildman–Crippen LogP) is 2.25. The van der Waals surface area contributed by atoms with E-state index in [1.807, 2.05) is 6.92 Å².